The van der Waals surface area contributed by atoms with E-state index in [4.69, 9.17) is 5.73 Å². The van der Waals surface area contributed by atoms with E-state index in [1.807, 2.05) is 0 Å². The number of phenolic OH excluding ortho intramolecular Hbond substituents is 1. The van der Waals surface area contributed by atoms with Crippen LogP contribution in [0.2, 0.25) is 0 Å². The molecular formula is C12H18N2O4S. The first kappa shape index (κ1) is 14.1. The lowest BCUT2D eigenvalue weighted by Crippen LogP contribution is -2.38. The number of hydrogen-bond acceptors (Lipinski definition) is 5. The summed E-state index contributed by atoms with van der Waals surface area (Å²) in [6, 6.07) is 3.53. The van der Waals surface area contributed by atoms with Gasteiger partial charge in [0.2, 0.25) is 10.0 Å². The van der Waals surface area contributed by atoms with Gasteiger partial charge in [-0.1, -0.05) is 6.42 Å². The lowest BCUT2D eigenvalue weighted by molar-refractivity contribution is 0.213. The Hall–Kier alpha value is -1.31. The van der Waals surface area contributed by atoms with Crippen molar-refractivity contribution in [1.29, 1.82) is 0 Å². The van der Waals surface area contributed by atoms with Crippen LogP contribution in [0.4, 0.5) is 5.69 Å². The number of nitrogens with one attached hydrogen (secondary N) is 1. The van der Waals surface area contributed by atoms with Crippen molar-refractivity contribution in [3.8, 4) is 5.75 Å². The molecule has 1 saturated carbocycles. The third-order valence-electron chi connectivity index (χ3n) is 3.51. The van der Waals surface area contributed by atoms with Crippen LogP contribution in [0.1, 0.15) is 19.3 Å². The van der Waals surface area contributed by atoms with E-state index in [0.29, 0.717) is 0 Å². The summed E-state index contributed by atoms with van der Waals surface area (Å²) in [4.78, 5) is 0.0198. The van der Waals surface area contributed by atoms with Gasteiger partial charge in [0.1, 0.15) is 5.75 Å². The van der Waals surface area contributed by atoms with E-state index in [1.165, 1.54) is 18.2 Å². The highest BCUT2D eigenvalue weighted by molar-refractivity contribution is 7.89. The number of aliphatic hydroxyl groups excluding tert-OH is 1. The SMILES string of the molecule is Nc1cc(S(=O)(=O)NC2CCCC2CO)ccc1O. The van der Waals surface area contributed by atoms with E-state index in [-0.39, 0.29) is 34.9 Å². The summed E-state index contributed by atoms with van der Waals surface area (Å²) in [6.07, 6.45) is 2.44. The Balaban J connectivity index is 2.20. The number of benzene rings is 1. The normalized spacial score (nSPS) is 23.6. The molecule has 6 nitrogen and oxygen atoms in total. The fourth-order valence-electron chi connectivity index (χ4n) is 2.38. The van der Waals surface area contributed by atoms with Gasteiger partial charge >= 0.3 is 0 Å². The molecule has 0 aromatic heterocycles. The van der Waals surface area contributed by atoms with Crippen molar-refractivity contribution in [2.75, 3.05) is 12.3 Å². The summed E-state index contributed by atoms with van der Waals surface area (Å²) < 4.78 is 27.0. The van der Waals surface area contributed by atoms with Gasteiger partial charge in [-0.25, -0.2) is 13.1 Å². The average molecular weight is 286 g/mol. The topological polar surface area (TPSA) is 113 Å². The second-order valence-corrected chi connectivity index (χ2v) is 6.54. The molecule has 0 radical (unpaired) electrons. The monoisotopic (exact) mass is 286 g/mol. The maximum atomic E-state index is 12.2. The summed E-state index contributed by atoms with van der Waals surface area (Å²) >= 11 is 0. The Bertz CT molecular complexity index is 559. The molecule has 1 aromatic carbocycles. The average Bonchev–Trinajstić information content (AvgIpc) is 2.79. The van der Waals surface area contributed by atoms with E-state index in [2.05, 4.69) is 4.72 Å². The van der Waals surface area contributed by atoms with Crippen LogP contribution in [0.25, 0.3) is 0 Å². The van der Waals surface area contributed by atoms with E-state index < -0.39 is 10.0 Å². The van der Waals surface area contributed by atoms with Gasteiger partial charge in [-0.3, -0.25) is 0 Å². The third-order valence-corrected chi connectivity index (χ3v) is 5.00. The molecular weight excluding hydrogens is 268 g/mol. The van der Waals surface area contributed by atoms with Gasteiger partial charge in [-0.05, 0) is 37.0 Å². The molecule has 2 atom stereocenters. The molecule has 2 rings (SSSR count). The van der Waals surface area contributed by atoms with Gasteiger partial charge < -0.3 is 15.9 Å². The van der Waals surface area contributed by atoms with Crippen molar-refractivity contribution in [2.45, 2.75) is 30.2 Å². The number of aliphatic hydroxyl groups is 1. The summed E-state index contributed by atoms with van der Waals surface area (Å²) in [5.74, 6) is -0.183. The molecule has 0 aliphatic heterocycles. The number of anilines is 1. The highest BCUT2D eigenvalue weighted by Crippen LogP contribution is 2.28. The highest BCUT2D eigenvalue weighted by atomic mass is 32.2. The predicted octanol–water partition coefficient (Wildman–Crippen LogP) is 0.414. The number of phenols is 1. The minimum absolute atomic E-state index is 0.0198. The molecule has 0 heterocycles. The summed E-state index contributed by atoms with van der Waals surface area (Å²) in [6.45, 7) is -0.0229. The number of sulfonamides is 1. The maximum Gasteiger partial charge on any atom is 0.240 e. The van der Waals surface area contributed by atoms with Crippen LogP contribution < -0.4 is 10.5 Å². The lowest BCUT2D eigenvalue weighted by atomic mass is 10.1. The first-order chi connectivity index (χ1) is 8.94. The van der Waals surface area contributed by atoms with E-state index in [9.17, 15) is 18.6 Å². The van der Waals surface area contributed by atoms with Crippen molar-refractivity contribution < 1.29 is 18.6 Å². The Morgan fingerprint density at radius 3 is 2.74 bits per heavy atom. The number of hydrogen-bond donors (Lipinski definition) is 4. The minimum Gasteiger partial charge on any atom is -0.506 e. The minimum atomic E-state index is -3.68. The van der Waals surface area contributed by atoms with E-state index >= 15 is 0 Å². The molecule has 0 spiro atoms. The van der Waals surface area contributed by atoms with Gasteiger partial charge in [0, 0.05) is 12.6 Å². The zero-order valence-electron chi connectivity index (χ0n) is 10.4. The van der Waals surface area contributed by atoms with Crippen LogP contribution in [-0.4, -0.2) is 31.3 Å². The largest absolute Gasteiger partial charge is 0.506 e. The number of nitrogens with two attached hydrogens (primary N) is 1. The maximum absolute atomic E-state index is 12.2. The smallest absolute Gasteiger partial charge is 0.240 e. The van der Waals surface area contributed by atoms with Crippen molar-refractivity contribution in [2.24, 2.45) is 5.92 Å². The second kappa shape index (κ2) is 5.36. The molecule has 1 aliphatic rings. The van der Waals surface area contributed by atoms with Crippen LogP contribution in [0.15, 0.2) is 23.1 Å². The van der Waals surface area contributed by atoms with Gasteiger partial charge in [0.25, 0.3) is 0 Å². The fraction of sp³-hybridized carbons (Fsp3) is 0.500. The van der Waals surface area contributed by atoms with Crippen LogP contribution in [-0.2, 0) is 10.0 Å². The van der Waals surface area contributed by atoms with Crippen molar-refractivity contribution in [3.63, 3.8) is 0 Å². The lowest BCUT2D eigenvalue weighted by Gasteiger charge is -2.19. The number of aromatic hydroxyl groups is 1. The Morgan fingerprint density at radius 1 is 1.37 bits per heavy atom. The first-order valence-electron chi connectivity index (χ1n) is 6.15. The zero-order chi connectivity index (χ0) is 14.0. The molecule has 7 heteroatoms. The second-order valence-electron chi connectivity index (χ2n) is 4.82. The molecule has 5 N–H and O–H groups in total. The van der Waals surface area contributed by atoms with E-state index in [1.54, 1.807) is 0 Å². The van der Waals surface area contributed by atoms with Crippen LogP contribution in [0.5, 0.6) is 5.75 Å². The zero-order valence-corrected chi connectivity index (χ0v) is 11.2. The number of nitrogen functional groups attached to an aromatic ring is 1. The Kier molecular flexibility index (Phi) is 3.98. The van der Waals surface area contributed by atoms with Crippen LogP contribution >= 0.6 is 0 Å². The van der Waals surface area contributed by atoms with Crippen LogP contribution in [0, 0.1) is 5.92 Å². The molecule has 106 valence electrons. The molecule has 1 fully saturated rings. The molecule has 1 aliphatic carbocycles. The van der Waals surface area contributed by atoms with Crippen LogP contribution in [0.3, 0.4) is 0 Å². The predicted molar refractivity (Wildman–Crippen MR) is 71.1 cm³/mol. The molecule has 0 amide bonds. The molecule has 0 bridgehead atoms. The van der Waals surface area contributed by atoms with Crippen molar-refractivity contribution in [1.82, 2.24) is 4.72 Å². The summed E-state index contributed by atoms with van der Waals surface area (Å²) in [7, 11) is -3.68. The quantitative estimate of drug-likeness (QED) is 0.473. The third kappa shape index (κ3) is 2.99. The van der Waals surface area contributed by atoms with Gasteiger partial charge in [0.05, 0.1) is 10.6 Å². The van der Waals surface area contributed by atoms with Crippen molar-refractivity contribution in [3.05, 3.63) is 18.2 Å². The summed E-state index contributed by atoms with van der Waals surface area (Å²) in [5, 5.41) is 18.5. The van der Waals surface area contributed by atoms with Crippen molar-refractivity contribution >= 4 is 15.7 Å². The Labute approximate surface area is 112 Å². The first-order valence-corrected chi connectivity index (χ1v) is 7.64. The Morgan fingerprint density at radius 2 is 2.11 bits per heavy atom. The van der Waals surface area contributed by atoms with E-state index in [0.717, 1.165) is 19.3 Å². The van der Waals surface area contributed by atoms with Gasteiger partial charge in [-0.15, -0.1) is 0 Å². The molecule has 0 saturated heterocycles. The number of rotatable bonds is 4. The fourth-order valence-corrected chi connectivity index (χ4v) is 3.75. The molecule has 1 aromatic rings. The van der Waals surface area contributed by atoms with Gasteiger partial charge in [0.15, 0.2) is 0 Å². The standard InChI is InChI=1S/C12H18N2O4S/c13-10-6-9(4-5-12(10)16)19(17,18)14-11-3-1-2-8(11)7-15/h4-6,8,11,14-16H,1-3,7,13H2. The van der Waals surface area contributed by atoms with Gasteiger partial charge in [-0.2, -0.15) is 0 Å². The highest BCUT2D eigenvalue weighted by Gasteiger charge is 2.30. The summed E-state index contributed by atoms with van der Waals surface area (Å²) in [5.41, 5.74) is 5.52. The molecule has 2 unspecified atom stereocenters. The molecule has 19 heavy (non-hydrogen) atoms.